The molecule has 0 N–H and O–H groups in total. The summed E-state index contributed by atoms with van der Waals surface area (Å²) < 4.78 is 0. The van der Waals surface area contributed by atoms with Gasteiger partial charge in [0.05, 0.1) is 5.56 Å². The van der Waals surface area contributed by atoms with E-state index < -0.39 is 0 Å². The van der Waals surface area contributed by atoms with Crippen LogP contribution in [0.25, 0.3) is 0 Å². The predicted octanol–water partition coefficient (Wildman–Crippen LogP) is 2.70. The second kappa shape index (κ2) is 6.91. The van der Waals surface area contributed by atoms with E-state index in [4.69, 9.17) is 0 Å². The smallest absolute Gasteiger partial charge is 0.256 e. The lowest BCUT2D eigenvalue weighted by Gasteiger charge is -2.35. The van der Waals surface area contributed by atoms with Gasteiger partial charge in [0.25, 0.3) is 5.91 Å². The van der Waals surface area contributed by atoms with Gasteiger partial charge in [-0.1, -0.05) is 19.1 Å². The lowest BCUT2D eigenvalue weighted by molar-refractivity contribution is 0.0738. The van der Waals surface area contributed by atoms with Gasteiger partial charge >= 0.3 is 0 Å². The number of carbonyl (C=O) groups is 1. The molecule has 0 saturated carbocycles. The van der Waals surface area contributed by atoms with Gasteiger partial charge in [0, 0.05) is 45.5 Å². The van der Waals surface area contributed by atoms with Gasteiger partial charge in [-0.15, -0.1) is 0 Å². The van der Waals surface area contributed by atoms with Gasteiger partial charge in [0.2, 0.25) is 0 Å². The standard InChI is InChI=1S/C19H29N3O/c1-4-11-21-12-15-9-10-16(21)14-22(13-15)19(23)17-7-5-6-8-18(17)20(2)3/h5-8,15-16H,4,9-14H2,1-3H3/t15-,16-/m1/s1. The second-order valence-corrected chi connectivity index (χ2v) is 7.21. The Labute approximate surface area is 140 Å². The molecule has 3 saturated heterocycles. The molecule has 0 unspecified atom stereocenters. The fourth-order valence-corrected chi connectivity index (χ4v) is 4.12. The molecule has 0 radical (unpaired) electrons. The maximum absolute atomic E-state index is 13.1. The van der Waals surface area contributed by atoms with Gasteiger partial charge in [-0.05, 0) is 43.9 Å². The molecule has 4 heteroatoms. The van der Waals surface area contributed by atoms with Crippen LogP contribution in [0.15, 0.2) is 24.3 Å². The van der Waals surface area contributed by atoms with Crippen LogP contribution < -0.4 is 4.90 Å². The first-order valence-corrected chi connectivity index (χ1v) is 8.89. The highest BCUT2D eigenvalue weighted by atomic mass is 16.2. The van der Waals surface area contributed by atoms with E-state index in [1.807, 2.05) is 43.3 Å². The number of amides is 1. The first kappa shape index (κ1) is 16.3. The molecule has 3 aliphatic rings. The molecule has 1 amide bonds. The Hall–Kier alpha value is -1.55. The molecule has 4 nitrogen and oxygen atoms in total. The highest BCUT2D eigenvalue weighted by Gasteiger charge is 2.36. The van der Waals surface area contributed by atoms with Crippen LogP contribution in [0.2, 0.25) is 0 Å². The summed E-state index contributed by atoms with van der Waals surface area (Å²) in [5.74, 6) is 0.834. The maximum atomic E-state index is 13.1. The quantitative estimate of drug-likeness (QED) is 0.855. The van der Waals surface area contributed by atoms with Crippen LogP contribution in [-0.2, 0) is 0 Å². The average molecular weight is 315 g/mol. The van der Waals surface area contributed by atoms with Crippen LogP contribution in [0.4, 0.5) is 5.69 Å². The fourth-order valence-electron chi connectivity index (χ4n) is 4.12. The van der Waals surface area contributed by atoms with Crippen LogP contribution in [0, 0.1) is 5.92 Å². The lowest BCUT2D eigenvalue weighted by Crippen LogP contribution is -2.44. The number of anilines is 1. The third-order valence-electron chi connectivity index (χ3n) is 5.24. The molecule has 3 heterocycles. The van der Waals surface area contributed by atoms with Crippen molar-refractivity contribution in [2.45, 2.75) is 32.2 Å². The summed E-state index contributed by atoms with van der Waals surface area (Å²) in [5, 5.41) is 0. The van der Waals surface area contributed by atoms with E-state index in [9.17, 15) is 4.79 Å². The Morgan fingerprint density at radius 2 is 1.96 bits per heavy atom. The largest absolute Gasteiger partial charge is 0.377 e. The number of nitrogens with zero attached hydrogens (tertiary/aromatic N) is 3. The summed E-state index contributed by atoms with van der Waals surface area (Å²) in [6.07, 6.45) is 3.70. The Balaban J connectivity index is 1.81. The van der Waals surface area contributed by atoms with Gasteiger partial charge in [-0.3, -0.25) is 9.69 Å². The topological polar surface area (TPSA) is 26.8 Å². The van der Waals surface area contributed by atoms with Crippen molar-refractivity contribution in [1.29, 1.82) is 0 Å². The molecule has 0 spiro atoms. The maximum Gasteiger partial charge on any atom is 0.256 e. The minimum atomic E-state index is 0.199. The van der Waals surface area contributed by atoms with E-state index in [1.54, 1.807) is 0 Å². The van der Waals surface area contributed by atoms with Crippen molar-refractivity contribution >= 4 is 11.6 Å². The average Bonchev–Trinajstić information content (AvgIpc) is 2.86. The van der Waals surface area contributed by atoms with Gasteiger partial charge in [0.15, 0.2) is 0 Å². The summed E-state index contributed by atoms with van der Waals surface area (Å²) in [4.78, 5) is 19.9. The molecule has 126 valence electrons. The first-order chi connectivity index (χ1) is 11.1. The van der Waals surface area contributed by atoms with Gasteiger partial charge in [-0.25, -0.2) is 0 Å². The van der Waals surface area contributed by atoms with Crippen LogP contribution in [-0.4, -0.2) is 62.0 Å². The number of rotatable bonds is 4. The minimum absolute atomic E-state index is 0.199. The van der Waals surface area contributed by atoms with Crippen molar-refractivity contribution in [2.24, 2.45) is 5.92 Å². The molecule has 0 aliphatic carbocycles. The number of carbonyl (C=O) groups excluding carboxylic acids is 1. The van der Waals surface area contributed by atoms with Crippen LogP contribution in [0.3, 0.4) is 0 Å². The van der Waals surface area contributed by atoms with Crippen LogP contribution in [0.5, 0.6) is 0 Å². The molecule has 3 fully saturated rings. The number of fused-ring (bicyclic) bond motifs is 4. The summed E-state index contributed by atoms with van der Waals surface area (Å²) in [6.45, 7) is 6.37. The van der Waals surface area contributed by atoms with Crippen molar-refractivity contribution in [3.63, 3.8) is 0 Å². The fraction of sp³-hybridized carbons (Fsp3) is 0.632. The molecule has 3 aliphatic heterocycles. The number of piperidine rings is 1. The third-order valence-corrected chi connectivity index (χ3v) is 5.24. The highest BCUT2D eigenvalue weighted by Crippen LogP contribution is 2.30. The summed E-state index contributed by atoms with van der Waals surface area (Å²) in [6, 6.07) is 8.51. The normalized spacial score (nSPS) is 24.6. The predicted molar refractivity (Wildman–Crippen MR) is 95.0 cm³/mol. The Morgan fingerprint density at radius 1 is 1.17 bits per heavy atom. The molecule has 2 atom stereocenters. The molecule has 2 bridgehead atoms. The second-order valence-electron chi connectivity index (χ2n) is 7.21. The molecular weight excluding hydrogens is 286 g/mol. The van der Waals surface area contributed by atoms with Crippen LogP contribution in [0.1, 0.15) is 36.5 Å². The molecule has 23 heavy (non-hydrogen) atoms. The highest BCUT2D eigenvalue weighted by molar-refractivity contribution is 5.99. The number of benzene rings is 1. The van der Waals surface area contributed by atoms with Gasteiger partial charge < -0.3 is 9.80 Å². The zero-order valence-corrected chi connectivity index (χ0v) is 14.7. The van der Waals surface area contributed by atoms with E-state index in [2.05, 4.69) is 16.7 Å². The molecule has 4 rings (SSSR count). The molecule has 1 aromatic rings. The Bertz CT molecular complexity index is 557. The Morgan fingerprint density at radius 3 is 2.70 bits per heavy atom. The van der Waals surface area contributed by atoms with Crippen molar-refractivity contribution in [2.75, 3.05) is 45.2 Å². The van der Waals surface area contributed by atoms with Gasteiger partial charge in [-0.2, -0.15) is 0 Å². The molecule has 1 aromatic carbocycles. The Kier molecular flexibility index (Phi) is 4.90. The third kappa shape index (κ3) is 3.37. The van der Waals surface area contributed by atoms with Crippen molar-refractivity contribution in [1.82, 2.24) is 9.80 Å². The summed E-state index contributed by atoms with van der Waals surface area (Å²) >= 11 is 0. The minimum Gasteiger partial charge on any atom is -0.377 e. The van der Waals surface area contributed by atoms with Crippen molar-refractivity contribution in [3.05, 3.63) is 29.8 Å². The molecular formula is C19H29N3O. The van der Waals surface area contributed by atoms with Crippen molar-refractivity contribution < 1.29 is 4.79 Å². The first-order valence-electron chi connectivity index (χ1n) is 8.89. The van der Waals surface area contributed by atoms with Crippen molar-refractivity contribution in [3.8, 4) is 0 Å². The molecule has 0 aromatic heterocycles. The number of para-hydroxylation sites is 1. The zero-order chi connectivity index (χ0) is 16.4. The van der Waals surface area contributed by atoms with E-state index >= 15 is 0 Å². The monoisotopic (exact) mass is 315 g/mol. The number of hydrogen-bond acceptors (Lipinski definition) is 3. The van der Waals surface area contributed by atoms with E-state index in [0.29, 0.717) is 12.0 Å². The van der Waals surface area contributed by atoms with E-state index in [1.165, 1.54) is 19.3 Å². The van der Waals surface area contributed by atoms with E-state index in [-0.39, 0.29) is 5.91 Å². The summed E-state index contributed by atoms with van der Waals surface area (Å²) in [7, 11) is 4.00. The zero-order valence-electron chi connectivity index (χ0n) is 14.7. The van der Waals surface area contributed by atoms with Gasteiger partial charge in [0.1, 0.15) is 0 Å². The number of hydrogen-bond donors (Lipinski definition) is 0. The van der Waals surface area contributed by atoms with E-state index in [0.717, 1.165) is 37.4 Å². The SMILES string of the molecule is CCCN1C[C@H]2CC[C@@H]1CN(C(=O)c1ccccc1N(C)C)C2. The summed E-state index contributed by atoms with van der Waals surface area (Å²) in [5.41, 5.74) is 1.85. The lowest BCUT2D eigenvalue weighted by atomic mass is 9.95. The van der Waals surface area contributed by atoms with Crippen LogP contribution >= 0.6 is 0 Å².